The molecule has 0 aliphatic rings. The standard InChI is InChI=1S/C15H17BF2N4O3/c1-8-4-10(5-13(20-8)15(3,17)18)22-12-6-14(21-9(2)23)19-7-11(12)16(24)25/h4-7,24-25H,1-3H3,(H2,19,20,21,22,23). The number of hydrogen-bond donors (Lipinski definition) is 4. The number of amides is 1. The first-order valence-corrected chi connectivity index (χ1v) is 7.34. The molecule has 0 saturated heterocycles. The number of carbonyl (C=O) groups is 1. The van der Waals surface area contributed by atoms with E-state index in [-0.39, 0.29) is 28.6 Å². The maximum Gasteiger partial charge on any atom is 0.492 e. The molecule has 2 aromatic heterocycles. The van der Waals surface area contributed by atoms with Crippen molar-refractivity contribution in [2.24, 2.45) is 0 Å². The fourth-order valence-electron chi connectivity index (χ4n) is 2.15. The number of carbonyl (C=O) groups excluding carboxylic acids is 1. The van der Waals surface area contributed by atoms with Gasteiger partial charge >= 0.3 is 7.12 Å². The van der Waals surface area contributed by atoms with Gasteiger partial charge < -0.3 is 20.7 Å². The first-order valence-electron chi connectivity index (χ1n) is 7.34. The van der Waals surface area contributed by atoms with Crippen LogP contribution < -0.4 is 16.1 Å². The number of anilines is 3. The summed E-state index contributed by atoms with van der Waals surface area (Å²) >= 11 is 0. The van der Waals surface area contributed by atoms with E-state index in [1.54, 1.807) is 6.92 Å². The van der Waals surface area contributed by atoms with Crippen LogP contribution in [0.1, 0.15) is 25.2 Å². The van der Waals surface area contributed by atoms with Gasteiger partial charge in [-0.15, -0.1) is 0 Å². The van der Waals surface area contributed by atoms with Crippen molar-refractivity contribution in [2.75, 3.05) is 10.6 Å². The van der Waals surface area contributed by atoms with Gasteiger partial charge in [0.15, 0.2) is 0 Å². The largest absolute Gasteiger partial charge is 0.492 e. The van der Waals surface area contributed by atoms with E-state index in [4.69, 9.17) is 0 Å². The Morgan fingerprint density at radius 1 is 1.28 bits per heavy atom. The van der Waals surface area contributed by atoms with Gasteiger partial charge in [-0.2, -0.15) is 8.78 Å². The Bertz CT molecular complexity index is 797. The molecule has 7 nitrogen and oxygen atoms in total. The van der Waals surface area contributed by atoms with Crippen LogP contribution in [0.4, 0.5) is 26.0 Å². The molecule has 0 aliphatic carbocycles. The molecule has 0 fully saturated rings. The smallest absolute Gasteiger partial charge is 0.423 e. The molecule has 0 radical (unpaired) electrons. The number of pyridine rings is 2. The normalized spacial score (nSPS) is 11.2. The number of rotatable bonds is 5. The van der Waals surface area contributed by atoms with Gasteiger partial charge in [-0.05, 0) is 19.1 Å². The van der Waals surface area contributed by atoms with Crippen molar-refractivity contribution in [1.29, 1.82) is 0 Å². The van der Waals surface area contributed by atoms with E-state index in [9.17, 15) is 23.6 Å². The zero-order valence-electron chi connectivity index (χ0n) is 13.8. The molecule has 0 aliphatic heterocycles. The van der Waals surface area contributed by atoms with Gasteiger partial charge in [0.05, 0.1) is 0 Å². The minimum atomic E-state index is -3.12. The summed E-state index contributed by atoms with van der Waals surface area (Å²) in [5, 5.41) is 24.2. The molecule has 4 N–H and O–H groups in total. The van der Waals surface area contributed by atoms with Crippen molar-refractivity contribution in [3.8, 4) is 0 Å². The average molecular weight is 350 g/mol. The highest BCUT2D eigenvalue weighted by molar-refractivity contribution is 6.60. The first kappa shape index (κ1) is 18.7. The van der Waals surface area contributed by atoms with Crippen LogP contribution in [0.25, 0.3) is 0 Å². The topological polar surface area (TPSA) is 107 Å². The number of alkyl halides is 2. The lowest BCUT2D eigenvalue weighted by Gasteiger charge is -2.16. The van der Waals surface area contributed by atoms with E-state index in [1.807, 2.05) is 0 Å². The highest BCUT2D eigenvalue weighted by Gasteiger charge is 2.27. The van der Waals surface area contributed by atoms with Gasteiger partial charge in [0, 0.05) is 48.6 Å². The van der Waals surface area contributed by atoms with E-state index in [0.29, 0.717) is 5.69 Å². The number of nitrogens with zero attached hydrogens (tertiary/aromatic N) is 2. The zero-order valence-corrected chi connectivity index (χ0v) is 13.8. The van der Waals surface area contributed by atoms with E-state index in [1.165, 1.54) is 31.3 Å². The van der Waals surface area contributed by atoms with Crippen molar-refractivity contribution in [3.63, 3.8) is 0 Å². The lowest BCUT2D eigenvalue weighted by molar-refractivity contribution is -0.114. The third-order valence-corrected chi connectivity index (χ3v) is 3.20. The summed E-state index contributed by atoms with van der Waals surface area (Å²) in [5.74, 6) is -3.31. The molecule has 2 aromatic rings. The molecule has 0 spiro atoms. The van der Waals surface area contributed by atoms with Gasteiger partial charge in [0.2, 0.25) is 5.91 Å². The minimum absolute atomic E-state index is 0.0216. The van der Waals surface area contributed by atoms with Crippen molar-refractivity contribution in [2.45, 2.75) is 26.7 Å². The first-order chi connectivity index (χ1) is 11.6. The molecular formula is C15H17BF2N4O3. The van der Waals surface area contributed by atoms with Gasteiger partial charge in [0.25, 0.3) is 5.92 Å². The molecule has 2 heterocycles. The molecule has 0 aromatic carbocycles. The molecule has 132 valence electrons. The molecule has 2 rings (SSSR count). The monoisotopic (exact) mass is 350 g/mol. The van der Waals surface area contributed by atoms with E-state index in [2.05, 4.69) is 20.6 Å². The van der Waals surface area contributed by atoms with E-state index < -0.39 is 18.7 Å². The fourth-order valence-corrected chi connectivity index (χ4v) is 2.15. The molecule has 0 unspecified atom stereocenters. The highest BCUT2D eigenvalue weighted by atomic mass is 19.3. The van der Waals surface area contributed by atoms with Crippen LogP contribution >= 0.6 is 0 Å². The lowest BCUT2D eigenvalue weighted by atomic mass is 9.80. The van der Waals surface area contributed by atoms with Crippen molar-refractivity contribution >= 4 is 35.7 Å². The third kappa shape index (κ3) is 4.94. The van der Waals surface area contributed by atoms with Crippen LogP contribution in [-0.2, 0) is 10.7 Å². The summed E-state index contributed by atoms with van der Waals surface area (Å²) in [6, 6.07) is 4.07. The van der Waals surface area contributed by atoms with Gasteiger partial charge in [-0.1, -0.05) is 0 Å². The van der Waals surface area contributed by atoms with Gasteiger partial charge in [-0.25, -0.2) is 4.98 Å². The number of halogens is 2. The van der Waals surface area contributed by atoms with Crippen LogP contribution in [0, 0.1) is 6.92 Å². The van der Waals surface area contributed by atoms with E-state index in [0.717, 1.165) is 6.92 Å². The summed E-state index contributed by atoms with van der Waals surface area (Å²) in [6.45, 7) is 3.60. The van der Waals surface area contributed by atoms with Crippen LogP contribution in [0.2, 0.25) is 0 Å². The van der Waals surface area contributed by atoms with Crippen LogP contribution in [-0.4, -0.2) is 33.0 Å². The summed E-state index contributed by atoms with van der Waals surface area (Å²) in [7, 11) is -1.84. The maximum absolute atomic E-state index is 13.5. The Labute approximate surface area is 143 Å². The molecule has 1 amide bonds. The summed E-state index contributed by atoms with van der Waals surface area (Å²) in [4.78, 5) is 18.8. The Kier molecular flexibility index (Phi) is 5.34. The fraction of sp³-hybridized carbons (Fsp3) is 0.267. The Balaban J connectivity index is 2.44. The number of hydrogen-bond acceptors (Lipinski definition) is 6. The quantitative estimate of drug-likeness (QED) is 0.605. The average Bonchev–Trinajstić information content (AvgIpc) is 2.44. The second-order valence-electron chi connectivity index (χ2n) is 5.61. The Morgan fingerprint density at radius 3 is 2.52 bits per heavy atom. The highest BCUT2D eigenvalue weighted by Crippen LogP contribution is 2.28. The van der Waals surface area contributed by atoms with Gasteiger partial charge in [0.1, 0.15) is 11.5 Å². The summed E-state index contributed by atoms with van der Waals surface area (Å²) in [5.41, 5.74) is 0.449. The van der Waals surface area contributed by atoms with Crippen LogP contribution in [0.5, 0.6) is 0 Å². The molecule has 0 atom stereocenters. The second-order valence-corrected chi connectivity index (χ2v) is 5.61. The predicted octanol–water partition coefficient (Wildman–Crippen LogP) is 1.28. The Morgan fingerprint density at radius 2 is 1.96 bits per heavy atom. The maximum atomic E-state index is 13.5. The molecule has 25 heavy (non-hydrogen) atoms. The zero-order chi connectivity index (χ0) is 18.8. The third-order valence-electron chi connectivity index (χ3n) is 3.20. The number of aryl methyl sites for hydroxylation is 1. The summed E-state index contributed by atoms with van der Waals surface area (Å²) in [6.07, 6.45) is 1.17. The van der Waals surface area contributed by atoms with E-state index >= 15 is 0 Å². The Hall–Kier alpha value is -2.59. The second kappa shape index (κ2) is 7.12. The summed E-state index contributed by atoms with van der Waals surface area (Å²) < 4.78 is 27.1. The molecule has 10 heteroatoms. The lowest BCUT2D eigenvalue weighted by Crippen LogP contribution is -2.32. The molecule has 0 bridgehead atoms. The van der Waals surface area contributed by atoms with Crippen molar-refractivity contribution in [1.82, 2.24) is 9.97 Å². The number of aromatic nitrogens is 2. The van der Waals surface area contributed by atoms with Crippen molar-refractivity contribution < 1.29 is 23.6 Å². The molecule has 0 saturated carbocycles. The van der Waals surface area contributed by atoms with Crippen molar-refractivity contribution in [3.05, 3.63) is 35.8 Å². The number of nitrogens with one attached hydrogen (secondary N) is 2. The molecular weight excluding hydrogens is 333 g/mol. The minimum Gasteiger partial charge on any atom is -0.423 e. The van der Waals surface area contributed by atoms with Crippen LogP contribution in [0.15, 0.2) is 24.4 Å². The van der Waals surface area contributed by atoms with Gasteiger partial charge in [-0.3, -0.25) is 9.78 Å². The SMILES string of the molecule is CC(=O)Nc1cc(Nc2cc(C)nc(C(C)(F)F)c2)c(B(O)O)cn1. The predicted molar refractivity (Wildman–Crippen MR) is 90.2 cm³/mol. The van der Waals surface area contributed by atoms with Crippen LogP contribution in [0.3, 0.4) is 0 Å².